The lowest BCUT2D eigenvalue weighted by Crippen LogP contribution is -2.01. The van der Waals surface area contributed by atoms with E-state index < -0.39 is 11.6 Å². The van der Waals surface area contributed by atoms with Crippen molar-refractivity contribution in [2.75, 3.05) is 18.2 Å². The maximum absolute atomic E-state index is 14.4. The van der Waals surface area contributed by atoms with E-state index in [-0.39, 0.29) is 18.0 Å². The third-order valence-electron chi connectivity index (χ3n) is 6.03. The molecule has 5 aromatic rings. The minimum absolute atomic E-state index is 0.0839. The van der Waals surface area contributed by atoms with E-state index >= 15 is 0 Å². The first-order valence-electron chi connectivity index (χ1n) is 11.4. The van der Waals surface area contributed by atoms with Crippen LogP contribution in [-0.2, 0) is 6.42 Å². The van der Waals surface area contributed by atoms with Crippen LogP contribution in [-0.4, -0.2) is 17.1 Å². The summed E-state index contributed by atoms with van der Waals surface area (Å²) in [6, 6.07) is 22.5. The molecule has 0 spiro atoms. The molecular formula is C29H21F2N5O. The number of hydrogen-bond acceptors (Lipinski definition) is 6. The fourth-order valence-corrected chi connectivity index (χ4v) is 4.28. The Morgan fingerprint density at radius 1 is 0.973 bits per heavy atom. The van der Waals surface area contributed by atoms with Crippen LogP contribution >= 0.6 is 0 Å². The first kappa shape index (κ1) is 23.7. The van der Waals surface area contributed by atoms with Crippen LogP contribution in [0.25, 0.3) is 33.2 Å². The average molecular weight is 494 g/mol. The van der Waals surface area contributed by atoms with E-state index in [1.807, 2.05) is 48.5 Å². The Bertz CT molecular complexity index is 1680. The predicted octanol–water partition coefficient (Wildman–Crippen LogP) is 6.64. The molecule has 0 aliphatic carbocycles. The minimum Gasteiger partial charge on any atom is -0.479 e. The molecule has 0 atom stereocenters. The number of nitrogen functional groups attached to an aromatic ring is 1. The van der Waals surface area contributed by atoms with Crippen molar-refractivity contribution in [3.8, 4) is 34.2 Å². The molecule has 182 valence electrons. The molecule has 2 aromatic heterocycles. The van der Waals surface area contributed by atoms with E-state index in [2.05, 4.69) is 21.4 Å². The maximum atomic E-state index is 14.4. The van der Waals surface area contributed by atoms with Crippen LogP contribution in [0.5, 0.6) is 5.88 Å². The number of nitrogens with one attached hydrogen (secondary N) is 1. The molecule has 3 aromatic carbocycles. The molecule has 5 rings (SSSR count). The summed E-state index contributed by atoms with van der Waals surface area (Å²) in [5, 5.41) is 13.1. The molecule has 6 nitrogen and oxygen atoms in total. The van der Waals surface area contributed by atoms with Gasteiger partial charge in [0.05, 0.1) is 30.8 Å². The molecule has 0 saturated carbocycles. The lowest BCUT2D eigenvalue weighted by atomic mass is 9.96. The summed E-state index contributed by atoms with van der Waals surface area (Å²) in [5.41, 5.74) is 11.5. The molecule has 0 aliphatic rings. The molecule has 0 fully saturated rings. The zero-order valence-electron chi connectivity index (χ0n) is 19.8. The number of anilines is 3. The summed E-state index contributed by atoms with van der Waals surface area (Å²) in [5.74, 6) is -0.793. The number of benzene rings is 3. The Morgan fingerprint density at radius 3 is 2.59 bits per heavy atom. The molecule has 3 N–H and O–H groups in total. The number of hydrogen-bond donors (Lipinski definition) is 2. The second-order valence-electron chi connectivity index (χ2n) is 8.31. The van der Waals surface area contributed by atoms with Gasteiger partial charge in [0.15, 0.2) is 0 Å². The summed E-state index contributed by atoms with van der Waals surface area (Å²) >= 11 is 0. The van der Waals surface area contributed by atoms with E-state index in [1.54, 1.807) is 12.3 Å². The van der Waals surface area contributed by atoms with Crippen LogP contribution in [0.4, 0.5) is 26.0 Å². The first-order valence-corrected chi connectivity index (χ1v) is 11.4. The highest BCUT2D eigenvalue weighted by molar-refractivity contribution is 5.94. The lowest BCUT2D eigenvalue weighted by molar-refractivity contribution is 0.400. The van der Waals surface area contributed by atoms with Crippen molar-refractivity contribution in [2.24, 2.45) is 0 Å². The zero-order chi connectivity index (χ0) is 25.9. The van der Waals surface area contributed by atoms with Crippen molar-refractivity contribution in [3.63, 3.8) is 0 Å². The van der Waals surface area contributed by atoms with Crippen molar-refractivity contribution in [1.29, 1.82) is 5.26 Å². The summed E-state index contributed by atoms with van der Waals surface area (Å²) in [6.45, 7) is 0. The smallest absolute Gasteiger partial charge is 0.238 e. The summed E-state index contributed by atoms with van der Waals surface area (Å²) in [4.78, 5) is 8.83. The molecule has 37 heavy (non-hydrogen) atoms. The van der Waals surface area contributed by atoms with E-state index in [1.165, 1.54) is 19.2 Å². The second-order valence-corrected chi connectivity index (χ2v) is 8.31. The number of pyridine rings is 2. The Labute approximate surface area is 212 Å². The Kier molecular flexibility index (Phi) is 6.35. The number of fused-ring (bicyclic) bond motifs is 1. The first-order chi connectivity index (χ1) is 18.0. The SMILES string of the molecule is COc1nccc(-c2ccc3nc(N)c(-c4ccccc4CC#N)cc3c2)c1Nc1ccc(F)cc1F. The number of rotatable bonds is 6. The van der Waals surface area contributed by atoms with Crippen molar-refractivity contribution >= 4 is 28.1 Å². The molecule has 0 aliphatic heterocycles. The van der Waals surface area contributed by atoms with Crippen LogP contribution in [0.1, 0.15) is 5.56 Å². The van der Waals surface area contributed by atoms with Crippen LogP contribution < -0.4 is 15.8 Å². The topological polar surface area (TPSA) is 96.8 Å². The van der Waals surface area contributed by atoms with Gasteiger partial charge in [-0.25, -0.2) is 18.7 Å². The molecule has 0 saturated heterocycles. The highest BCUT2D eigenvalue weighted by Gasteiger charge is 2.17. The Balaban J connectivity index is 1.64. The number of ether oxygens (including phenoxy) is 1. The maximum Gasteiger partial charge on any atom is 0.238 e. The molecule has 8 heteroatoms. The van der Waals surface area contributed by atoms with Gasteiger partial charge in [0.2, 0.25) is 5.88 Å². The minimum atomic E-state index is -0.740. The van der Waals surface area contributed by atoms with Crippen LogP contribution in [0.3, 0.4) is 0 Å². The summed E-state index contributed by atoms with van der Waals surface area (Å²) in [6.07, 6.45) is 1.84. The lowest BCUT2D eigenvalue weighted by Gasteiger charge is -2.16. The molecule has 0 bridgehead atoms. The number of aromatic nitrogens is 2. The van der Waals surface area contributed by atoms with E-state index in [4.69, 9.17) is 10.5 Å². The second kappa shape index (κ2) is 9.91. The number of methoxy groups -OCH3 is 1. The van der Waals surface area contributed by atoms with E-state index in [0.717, 1.165) is 33.7 Å². The standard InChI is InChI=1S/C29H21F2N5O/c1-37-29-27(35-26-9-7-20(30)16-24(26)31)22(11-13-34-29)18-6-8-25-19(14-18)15-23(28(33)36-25)21-5-3-2-4-17(21)10-12-32/h2-9,11,13-16,35H,10H2,1H3,(H2,33,36). The monoisotopic (exact) mass is 493 g/mol. The van der Waals surface area contributed by atoms with Gasteiger partial charge < -0.3 is 15.8 Å². The van der Waals surface area contributed by atoms with Gasteiger partial charge in [-0.2, -0.15) is 5.26 Å². The quantitative estimate of drug-likeness (QED) is 0.275. The zero-order valence-corrected chi connectivity index (χ0v) is 19.8. The van der Waals surface area contributed by atoms with Gasteiger partial charge in [-0.05, 0) is 53.1 Å². The number of nitrogens with zero attached hydrogens (tertiary/aromatic N) is 3. The van der Waals surface area contributed by atoms with Gasteiger partial charge in [0.1, 0.15) is 23.1 Å². The van der Waals surface area contributed by atoms with Crippen molar-refractivity contribution < 1.29 is 13.5 Å². The van der Waals surface area contributed by atoms with Gasteiger partial charge in [-0.1, -0.05) is 30.3 Å². The van der Waals surface area contributed by atoms with Crippen molar-refractivity contribution in [2.45, 2.75) is 6.42 Å². The third kappa shape index (κ3) is 4.62. The summed E-state index contributed by atoms with van der Waals surface area (Å²) < 4.78 is 33.3. The molecule has 0 amide bonds. The van der Waals surface area contributed by atoms with Crippen molar-refractivity contribution in [1.82, 2.24) is 9.97 Å². The highest BCUT2D eigenvalue weighted by Crippen LogP contribution is 2.39. The predicted molar refractivity (Wildman–Crippen MR) is 140 cm³/mol. The molecule has 2 heterocycles. The van der Waals surface area contributed by atoms with E-state index in [9.17, 15) is 14.0 Å². The van der Waals surface area contributed by atoms with Crippen LogP contribution in [0.2, 0.25) is 0 Å². The largest absolute Gasteiger partial charge is 0.479 e. The van der Waals surface area contributed by atoms with Crippen LogP contribution in [0, 0.1) is 23.0 Å². The number of halogens is 2. The normalized spacial score (nSPS) is 10.8. The molecule has 0 radical (unpaired) electrons. The molecular weight excluding hydrogens is 472 g/mol. The summed E-state index contributed by atoms with van der Waals surface area (Å²) in [7, 11) is 1.47. The number of nitrogens with two attached hydrogens (primary N) is 1. The number of nitriles is 1. The third-order valence-corrected chi connectivity index (χ3v) is 6.03. The van der Waals surface area contributed by atoms with Gasteiger partial charge in [-0.3, -0.25) is 0 Å². The van der Waals surface area contributed by atoms with Gasteiger partial charge >= 0.3 is 0 Å². The van der Waals surface area contributed by atoms with Gasteiger partial charge in [0, 0.05) is 28.8 Å². The highest BCUT2D eigenvalue weighted by atomic mass is 19.1. The van der Waals surface area contributed by atoms with Crippen molar-refractivity contribution in [3.05, 3.63) is 96.2 Å². The van der Waals surface area contributed by atoms with E-state index in [0.29, 0.717) is 22.6 Å². The van der Waals surface area contributed by atoms with Crippen LogP contribution in [0.15, 0.2) is 79.0 Å². The fraction of sp³-hybridized carbons (Fsp3) is 0.0690. The molecule has 0 unspecified atom stereocenters. The Morgan fingerprint density at radius 2 is 1.81 bits per heavy atom. The van der Waals surface area contributed by atoms with Gasteiger partial charge in [-0.15, -0.1) is 0 Å². The Hall–Kier alpha value is -5.03. The fourth-order valence-electron chi connectivity index (χ4n) is 4.28. The van der Waals surface area contributed by atoms with Gasteiger partial charge in [0.25, 0.3) is 0 Å². The average Bonchev–Trinajstić information content (AvgIpc) is 2.90.